The van der Waals surface area contributed by atoms with Crippen LogP contribution in [0, 0.1) is 0 Å². The number of rotatable bonds is 6. The lowest BCUT2D eigenvalue weighted by Gasteiger charge is -2.25. The van der Waals surface area contributed by atoms with Crippen molar-refractivity contribution in [2.75, 3.05) is 19.3 Å². The molecule has 112 valence electrons. The molecule has 2 rings (SSSR count). The molecule has 0 saturated carbocycles. The molecule has 0 aromatic heterocycles. The summed E-state index contributed by atoms with van der Waals surface area (Å²) < 4.78 is 12.2. The lowest BCUT2D eigenvalue weighted by atomic mass is 10.1. The first-order chi connectivity index (χ1) is 10.1. The van der Waals surface area contributed by atoms with Gasteiger partial charge in [0.15, 0.2) is 0 Å². The molecule has 0 aliphatic rings. The van der Waals surface area contributed by atoms with Crippen molar-refractivity contribution >= 4 is 10.8 Å². The molecular weight excluding hydrogens is 282 g/mol. The molecule has 0 spiro atoms. The summed E-state index contributed by atoms with van der Waals surface area (Å²) in [5, 5.41) is 9.54. The maximum absolute atomic E-state index is 12.2. The Labute approximate surface area is 128 Å². The molecule has 0 fully saturated rings. The first kappa shape index (κ1) is 15.7. The van der Waals surface area contributed by atoms with Crippen LogP contribution in [0.2, 0.25) is 0 Å². The minimum Gasteiger partial charge on any atom is -0.508 e. The van der Waals surface area contributed by atoms with E-state index in [1.807, 2.05) is 49.5 Å². The fourth-order valence-electron chi connectivity index (χ4n) is 2.15. The van der Waals surface area contributed by atoms with Crippen LogP contribution in [0.4, 0.5) is 0 Å². The lowest BCUT2D eigenvalue weighted by molar-refractivity contribution is 0.277. The fraction of sp³-hybridized carbons (Fsp3) is 0.294. The zero-order valence-corrected chi connectivity index (χ0v) is 13.2. The van der Waals surface area contributed by atoms with Gasteiger partial charge >= 0.3 is 0 Å². The minimum absolute atomic E-state index is 0.171. The molecular formula is C17H21NO2S. The summed E-state index contributed by atoms with van der Waals surface area (Å²) in [5.74, 6) is 0.879. The quantitative estimate of drug-likeness (QED) is 0.891. The SMILES string of the molecule is CC(c1cccc(O)c1)N(C)CCS(=O)c1ccccc1. The van der Waals surface area contributed by atoms with Crippen molar-refractivity contribution in [1.82, 2.24) is 4.90 Å². The second kappa shape index (κ2) is 7.38. The van der Waals surface area contributed by atoms with Crippen LogP contribution in [-0.2, 0) is 10.8 Å². The number of benzene rings is 2. The fourth-order valence-corrected chi connectivity index (χ4v) is 3.30. The zero-order chi connectivity index (χ0) is 15.2. The molecule has 0 saturated heterocycles. The summed E-state index contributed by atoms with van der Waals surface area (Å²) in [5.41, 5.74) is 1.06. The van der Waals surface area contributed by atoms with Crippen molar-refractivity contribution < 1.29 is 9.32 Å². The van der Waals surface area contributed by atoms with Gasteiger partial charge in [0.25, 0.3) is 0 Å². The van der Waals surface area contributed by atoms with Crippen LogP contribution >= 0.6 is 0 Å². The molecule has 0 aliphatic heterocycles. The Morgan fingerprint density at radius 1 is 1.14 bits per heavy atom. The molecule has 2 unspecified atom stereocenters. The number of nitrogens with zero attached hydrogens (tertiary/aromatic N) is 1. The second-order valence-corrected chi connectivity index (χ2v) is 6.68. The first-order valence-corrected chi connectivity index (χ1v) is 8.32. The van der Waals surface area contributed by atoms with E-state index in [-0.39, 0.29) is 11.8 Å². The highest BCUT2D eigenvalue weighted by Crippen LogP contribution is 2.22. The normalized spacial score (nSPS) is 14.0. The van der Waals surface area contributed by atoms with Gasteiger partial charge in [-0.05, 0) is 43.8 Å². The van der Waals surface area contributed by atoms with Crippen molar-refractivity contribution in [2.45, 2.75) is 17.9 Å². The average molecular weight is 303 g/mol. The van der Waals surface area contributed by atoms with Crippen LogP contribution in [-0.4, -0.2) is 33.6 Å². The van der Waals surface area contributed by atoms with E-state index in [2.05, 4.69) is 11.8 Å². The van der Waals surface area contributed by atoms with E-state index < -0.39 is 10.8 Å². The first-order valence-electron chi connectivity index (χ1n) is 7.00. The number of aromatic hydroxyl groups is 1. The average Bonchev–Trinajstić information content (AvgIpc) is 2.52. The highest BCUT2D eigenvalue weighted by atomic mass is 32.2. The van der Waals surface area contributed by atoms with Gasteiger partial charge in [-0.3, -0.25) is 9.11 Å². The van der Waals surface area contributed by atoms with Crippen LogP contribution in [0.25, 0.3) is 0 Å². The van der Waals surface area contributed by atoms with E-state index in [4.69, 9.17) is 0 Å². The molecule has 21 heavy (non-hydrogen) atoms. The Kier molecular flexibility index (Phi) is 5.53. The van der Waals surface area contributed by atoms with Gasteiger partial charge < -0.3 is 5.11 Å². The summed E-state index contributed by atoms with van der Waals surface area (Å²) >= 11 is 0. The van der Waals surface area contributed by atoms with Gasteiger partial charge in [-0.25, -0.2) is 0 Å². The van der Waals surface area contributed by atoms with Gasteiger partial charge in [-0.2, -0.15) is 0 Å². The molecule has 0 bridgehead atoms. The van der Waals surface area contributed by atoms with Crippen molar-refractivity contribution in [1.29, 1.82) is 0 Å². The summed E-state index contributed by atoms with van der Waals surface area (Å²) in [6, 6.07) is 17.0. The summed E-state index contributed by atoms with van der Waals surface area (Å²) in [6.45, 7) is 2.82. The predicted molar refractivity (Wildman–Crippen MR) is 86.9 cm³/mol. The summed E-state index contributed by atoms with van der Waals surface area (Å²) in [4.78, 5) is 3.02. The largest absolute Gasteiger partial charge is 0.508 e. The van der Waals surface area contributed by atoms with E-state index in [1.54, 1.807) is 12.1 Å². The molecule has 1 N–H and O–H groups in total. The third kappa shape index (κ3) is 4.41. The monoisotopic (exact) mass is 303 g/mol. The van der Waals surface area contributed by atoms with Gasteiger partial charge in [-0.15, -0.1) is 0 Å². The van der Waals surface area contributed by atoms with Crippen molar-refractivity contribution in [3.63, 3.8) is 0 Å². The topological polar surface area (TPSA) is 40.5 Å². The minimum atomic E-state index is -0.972. The Bertz CT molecular complexity index is 601. The maximum atomic E-state index is 12.2. The number of phenolic OH excluding ortho intramolecular Hbond substituents is 1. The van der Waals surface area contributed by atoms with Crippen molar-refractivity contribution in [2.24, 2.45) is 0 Å². The number of hydrogen-bond acceptors (Lipinski definition) is 3. The Hall–Kier alpha value is -1.65. The van der Waals surface area contributed by atoms with E-state index in [9.17, 15) is 9.32 Å². The van der Waals surface area contributed by atoms with E-state index >= 15 is 0 Å². The van der Waals surface area contributed by atoms with Gasteiger partial charge in [0.05, 0.1) is 10.8 Å². The van der Waals surface area contributed by atoms with Gasteiger partial charge in [0.2, 0.25) is 0 Å². The molecule has 0 amide bonds. The van der Waals surface area contributed by atoms with Crippen LogP contribution in [0.1, 0.15) is 18.5 Å². The van der Waals surface area contributed by atoms with Crippen LogP contribution < -0.4 is 0 Å². The molecule has 3 nitrogen and oxygen atoms in total. The van der Waals surface area contributed by atoms with Gasteiger partial charge in [0, 0.05) is 23.2 Å². The molecule has 0 heterocycles. The third-order valence-corrected chi connectivity index (χ3v) is 5.00. The van der Waals surface area contributed by atoms with Crippen molar-refractivity contribution in [3.8, 4) is 5.75 Å². The summed E-state index contributed by atoms with van der Waals surface area (Å²) in [7, 11) is 1.04. The van der Waals surface area contributed by atoms with Gasteiger partial charge in [-0.1, -0.05) is 30.3 Å². The summed E-state index contributed by atoms with van der Waals surface area (Å²) in [6.07, 6.45) is 0. The third-order valence-electron chi connectivity index (χ3n) is 3.65. The second-order valence-electron chi connectivity index (χ2n) is 5.11. The van der Waals surface area contributed by atoms with E-state index in [1.165, 1.54) is 0 Å². The van der Waals surface area contributed by atoms with Crippen LogP contribution in [0.3, 0.4) is 0 Å². The van der Waals surface area contributed by atoms with Crippen LogP contribution in [0.15, 0.2) is 59.5 Å². The number of phenols is 1. The van der Waals surface area contributed by atoms with Gasteiger partial charge in [0.1, 0.15) is 5.75 Å². The maximum Gasteiger partial charge on any atom is 0.115 e. The number of hydrogen-bond donors (Lipinski definition) is 1. The smallest absolute Gasteiger partial charge is 0.115 e. The Morgan fingerprint density at radius 3 is 2.52 bits per heavy atom. The lowest BCUT2D eigenvalue weighted by Crippen LogP contribution is -2.27. The standard InChI is InChI=1S/C17H21NO2S/c1-14(15-7-6-8-16(19)13-15)18(2)11-12-21(20)17-9-4-3-5-10-17/h3-10,13-14,19H,11-12H2,1-2H3. The van der Waals surface area contributed by atoms with Crippen molar-refractivity contribution in [3.05, 3.63) is 60.2 Å². The molecule has 2 aromatic carbocycles. The molecule has 0 aliphatic carbocycles. The molecule has 0 radical (unpaired) electrons. The molecule has 2 atom stereocenters. The molecule has 2 aromatic rings. The predicted octanol–water partition coefficient (Wildman–Crippen LogP) is 3.19. The molecule has 4 heteroatoms. The zero-order valence-electron chi connectivity index (χ0n) is 12.4. The van der Waals surface area contributed by atoms with Crippen LogP contribution in [0.5, 0.6) is 5.75 Å². The Morgan fingerprint density at radius 2 is 1.86 bits per heavy atom. The van der Waals surface area contributed by atoms with E-state index in [0.29, 0.717) is 5.75 Å². The highest BCUT2D eigenvalue weighted by molar-refractivity contribution is 7.85. The Balaban J connectivity index is 1.92. The van der Waals surface area contributed by atoms with E-state index in [0.717, 1.165) is 17.0 Å². The highest BCUT2D eigenvalue weighted by Gasteiger charge is 2.13.